The third kappa shape index (κ3) is 4.66. The van der Waals surface area contributed by atoms with Crippen molar-refractivity contribution in [1.29, 1.82) is 0 Å². The molecule has 0 radical (unpaired) electrons. The number of aryl methyl sites for hydroxylation is 1. The second kappa shape index (κ2) is 7.05. The van der Waals surface area contributed by atoms with Gasteiger partial charge in [0.15, 0.2) is 0 Å². The molecule has 5 heteroatoms. The van der Waals surface area contributed by atoms with Gasteiger partial charge in [-0.1, -0.05) is 29.8 Å². The molecule has 25 heavy (non-hydrogen) atoms. The number of rotatable bonds is 4. The SMILES string of the molecule is Cc1ccc(OC(F)(F)F)c(-c2ccc(OC3=CCCC=C3)cc2)c1. The van der Waals surface area contributed by atoms with Crippen molar-refractivity contribution < 1.29 is 22.6 Å². The van der Waals surface area contributed by atoms with E-state index in [0.29, 0.717) is 16.9 Å². The Labute approximate surface area is 144 Å². The van der Waals surface area contributed by atoms with Crippen molar-refractivity contribution in [2.24, 2.45) is 0 Å². The standard InChI is InChI=1S/C20H17F3O2/c1-14-7-12-19(25-20(21,22)23)18(13-14)15-8-10-17(11-9-15)24-16-5-3-2-4-6-16/h3,5-13H,2,4H2,1H3. The van der Waals surface area contributed by atoms with Gasteiger partial charge in [0.2, 0.25) is 0 Å². The summed E-state index contributed by atoms with van der Waals surface area (Å²) in [6.45, 7) is 1.82. The first kappa shape index (κ1) is 17.1. The number of alkyl halides is 3. The van der Waals surface area contributed by atoms with E-state index in [9.17, 15) is 13.2 Å². The lowest BCUT2D eigenvalue weighted by Gasteiger charge is -2.15. The van der Waals surface area contributed by atoms with Gasteiger partial charge in [-0.05, 0) is 61.7 Å². The van der Waals surface area contributed by atoms with E-state index in [1.165, 1.54) is 6.07 Å². The zero-order chi connectivity index (χ0) is 17.9. The second-order valence-corrected chi connectivity index (χ2v) is 5.76. The normalized spacial score (nSPS) is 14.2. The number of allylic oxidation sites excluding steroid dienone is 3. The van der Waals surface area contributed by atoms with Crippen LogP contribution in [0.15, 0.2) is 66.5 Å². The Hall–Kier alpha value is -2.69. The van der Waals surface area contributed by atoms with Crippen LogP contribution in [-0.2, 0) is 0 Å². The highest BCUT2D eigenvalue weighted by atomic mass is 19.4. The number of hydrogen-bond donors (Lipinski definition) is 0. The van der Waals surface area contributed by atoms with Gasteiger partial charge in [0, 0.05) is 5.56 Å². The molecule has 3 rings (SSSR count). The highest BCUT2D eigenvalue weighted by Crippen LogP contribution is 2.35. The largest absolute Gasteiger partial charge is 0.573 e. The number of halogens is 3. The molecule has 2 aromatic rings. The first-order valence-corrected chi connectivity index (χ1v) is 7.92. The van der Waals surface area contributed by atoms with E-state index in [-0.39, 0.29) is 5.75 Å². The van der Waals surface area contributed by atoms with E-state index in [1.807, 2.05) is 25.2 Å². The van der Waals surface area contributed by atoms with Crippen LogP contribution in [0, 0.1) is 6.92 Å². The summed E-state index contributed by atoms with van der Waals surface area (Å²) in [4.78, 5) is 0. The van der Waals surface area contributed by atoms with Gasteiger partial charge in [-0.15, -0.1) is 13.2 Å². The van der Waals surface area contributed by atoms with Gasteiger partial charge >= 0.3 is 6.36 Å². The Morgan fingerprint density at radius 2 is 1.72 bits per heavy atom. The molecule has 0 N–H and O–H groups in total. The van der Waals surface area contributed by atoms with Gasteiger partial charge in [-0.2, -0.15) is 0 Å². The molecule has 0 spiro atoms. The monoisotopic (exact) mass is 346 g/mol. The molecule has 0 saturated heterocycles. The van der Waals surface area contributed by atoms with Gasteiger partial charge in [0.25, 0.3) is 0 Å². The van der Waals surface area contributed by atoms with Gasteiger partial charge in [-0.25, -0.2) is 0 Å². The fraction of sp³-hybridized carbons (Fsp3) is 0.200. The Morgan fingerprint density at radius 1 is 0.960 bits per heavy atom. The maximum atomic E-state index is 12.6. The Balaban J connectivity index is 1.85. The van der Waals surface area contributed by atoms with E-state index >= 15 is 0 Å². The molecule has 0 saturated carbocycles. The number of hydrogen-bond acceptors (Lipinski definition) is 2. The fourth-order valence-electron chi connectivity index (χ4n) is 2.59. The highest BCUT2D eigenvalue weighted by Gasteiger charge is 2.32. The third-order valence-corrected chi connectivity index (χ3v) is 3.72. The second-order valence-electron chi connectivity index (χ2n) is 5.76. The van der Waals surface area contributed by atoms with Crippen LogP contribution in [0.2, 0.25) is 0 Å². The molecule has 0 aromatic heterocycles. The van der Waals surface area contributed by atoms with Crippen LogP contribution < -0.4 is 9.47 Å². The molecule has 130 valence electrons. The summed E-state index contributed by atoms with van der Waals surface area (Å²) in [7, 11) is 0. The Kier molecular flexibility index (Phi) is 4.83. The van der Waals surface area contributed by atoms with Crippen LogP contribution in [0.3, 0.4) is 0 Å². The molecule has 0 fully saturated rings. The maximum absolute atomic E-state index is 12.6. The topological polar surface area (TPSA) is 18.5 Å². The zero-order valence-electron chi connectivity index (χ0n) is 13.6. The fourth-order valence-corrected chi connectivity index (χ4v) is 2.59. The molecule has 2 aromatic carbocycles. The maximum Gasteiger partial charge on any atom is 0.573 e. The van der Waals surface area contributed by atoms with E-state index in [2.05, 4.69) is 4.74 Å². The van der Waals surface area contributed by atoms with Gasteiger partial charge in [0.1, 0.15) is 17.3 Å². The van der Waals surface area contributed by atoms with Crippen molar-refractivity contribution in [3.8, 4) is 22.6 Å². The average Bonchev–Trinajstić information content (AvgIpc) is 2.57. The summed E-state index contributed by atoms with van der Waals surface area (Å²) in [5.74, 6) is 1.19. The number of ether oxygens (including phenoxy) is 2. The lowest BCUT2D eigenvalue weighted by atomic mass is 10.0. The predicted molar refractivity (Wildman–Crippen MR) is 90.4 cm³/mol. The average molecular weight is 346 g/mol. The van der Waals surface area contributed by atoms with E-state index in [0.717, 1.165) is 24.2 Å². The quantitative estimate of drug-likeness (QED) is 0.659. The van der Waals surface area contributed by atoms with Gasteiger partial charge in [-0.3, -0.25) is 0 Å². The molecule has 0 bridgehead atoms. The summed E-state index contributed by atoms with van der Waals surface area (Å²) in [5, 5.41) is 0. The van der Waals surface area contributed by atoms with Crippen LogP contribution in [0.4, 0.5) is 13.2 Å². The summed E-state index contributed by atoms with van der Waals surface area (Å²) >= 11 is 0. The molecule has 0 unspecified atom stereocenters. The predicted octanol–water partition coefficient (Wildman–Crippen LogP) is 6.17. The molecule has 1 aliphatic carbocycles. The van der Waals surface area contributed by atoms with E-state index in [4.69, 9.17) is 4.74 Å². The lowest BCUT2D eigenvalue weighted by Crippen LogP contribution is -2.17. The molecule has 0 heterocycles. The summed E-state index contributed by atoms with van der Waals surface area (Å²) in [5.41, 5.74) is 1.87. The zero-order valence-corrected chi connectivity index (χ0v) is 13.6. The van der Waals surface area contributed by atoms with Crippen LogP contribution in [-0.4, -0.2) is 6.36 Å². The highest BCUT2D eigenvalue weighted by molar-refractivity contribution is 5.71. The van der Waals surface area contributed by atoms with Crippen LogP contribution in [0.1, 0.15) is 18.4 Å². The minimum absolute atomic E-state index is 0.218. The minimum Gasteiger partial charge on any atom is -0.458 e. The van der Waals surface area contributed by atoms with Crippen molar-refractivity contribution in [2.45, 2.75) is 26.1 Å². The molecule has 0 amide bonds. The van der Waals surface area contributed by atoms with Crippen molar-refractivity contribution in [2.75, 3.05) is 0 Å². The van der Waals surface area contributed by atoms with Crippen molar-refractivity contribution in [3.63, 3.8) is 0 Å². The first-order valence-electron chi connectivity index (χ1n) is 7.92. The van der Waals surface area contributed by atoms with E-state index in [1.54, 1.807) is 36.4 Å². The smallest absolute Gasteiger partial charge is 0.458 e. The summed E-state index contributed by atoms with van der Waals surface area (Å²) in [6.07, 6.45) is 3.16. The van der Waals surface area contributed by atoms with Crippen LogP contribution in [0.25, 0.3) is 11.1 Å². The number of benzene rings is 2. The molecule has 0 aliphatic heterocycles. The molecule has 0 atom stereocenters. The minimum atomic E-state index is -4.73. The molecular formula is C20H17F3O2. The Bertz CT molecular complexity index is 803. The first-order chi connectivity index (χ1) is 11.9. The van der Waals surface area contributed by atoms with Crippen molar-refractivity contribution in [1.82, 2.24) is 0 Å². The summed E-state index contributed by atoms with van der Waals surface area (Å²) in [6, 6.07) is 11.5. The lowest BCUT2D eigenvalue weighted by molar-refractivity contribution is -0.274. The molecule has 1 aliphatic rings. The molecule has 2 nitrogen and oxygen atoms in total. The van der Waals surface area contributed by atoms with Crippen LogP contribution in [0.5, 0.6) is 11.5 Å². The Morgan fingerprint density at radius 3 is 2.36 bits per heavy atom. The molecular weight excluding hydrogens is 329 g/mol. The van der Waals surface area contributed by atoms with Gasteiger partial charge in [0.05, 0.1) is 0 Å². The van der Waals surface area contributed by atoms with E-state index < -0.39 is 6.36 Å². The van der Waals surface area contributed by atoms with Gasteiger partial charge < -0.3 is 9.47 Å². The third-order valence-electron chi connectivity index (χ3n) is 3.72. The van der Waals surface area contributed by atoms with Crippen LogP contribution >= 0.6 is 0 Å². The van der Waals surface area contributed by atoms with Crippen molar-refractivity contribution in [3.05, 3.63) is 72.0 Å². The van der Waals surface area contributed by atoms with Crippen molar-refractivity contribution >= 4 is 0 Å². The summed E-state index contributed by atoms with van der Waals surface area (Å²) < 4.78 is 47.7.